The van der Waals surface area contributed by atoms with Gasteiger partial charge >= 0.3 is 17.9 Å². The third-order valence-electron chi connectivity index (χ3n) is 20.0. The van der Waals surface area contributed by atoms with Crippen molar-refractivity contribution in [3.63, 3.8) is 0 Å². The smallest absolute Gasteiger partial charge is 0.306 e. The number of unbranched alkanes of at least 4 members (excludes halogenated alkanes) is 1. The fraction of sp³-hybridized carbons (Fsp3) is 0.689. The molecule has 0 aromatic carbocycles. The van der Waals surface area contributed by atoms with Crippen molar-refractivity contribution in [1.82, 2.24) is 0 Å². The quantitative estimate of drug-likeness (QED) is 0.0723. The van der Waals surface area contributed by atoms with Crippen LogP contribution in [-0.4, -0.2) is 127 Å². The third kappa shape index (κ3) is 9.80. The molecule has 0 amide bonds. The molecular weight excluding hydrogens is 1080 g/mol. The number of carbonyl (C=O) groups is 7. The van der Waals surface area contributed by atoms with E-state index in [1.165, 1.54) is 38.2 Å². The highest BCUT2D eigenvalue weighted by Gasteiger charge is 2.80. The number of fused-ring (bicyclic) bond motifs is 10. The molecule has 0 saturated heterocycles. The molecule has 6 fully saturated rings. The number of rotatable bonds is 12. The predicted molar refractivity (Wildman–Crippen MR) is 293 cm³/mol. The van der Waals surface area contributed by atoms with Gasteiger partial charge in [0.25, 0.3) is 0 Å². The minimum atomic E-state index is -2.30. The summed E-state index contributed by atoms with van der Waals surface area (Å²) < 4.78 is 83.4. The van der Waals surface area contributed by atoms with Crippen LogP contribution in [0.1, 0.15) is 133 Å². The number of allylic oxidation sites excluding steroid dienone is 8. The highest BCUT2D eigenvalue weighted by atomic mass is 32.2. The average Bonchev–Trinajstić information content (AvgIpc) is 2.30. The zero-order valence-corrected chi connectivity index (χ0v) is 48.7. The Morgan fingerprint density at radius 1 is 0.637 bits per heavy atom. The Bertz CT molecular complexity index is 2780. The number of esters is 3. The van der Waals surface area contributed by atoms with Crippen LogP contribution in [0.25, 0.3) is 0 Å². The molecule has 80 heavy (non-hydrogen) atoms. The van der Waals surface area contributed by atoms with Crippen molar-refractivity contribution in [2.75, 3.05) is 24.7 Å². The molecule has 3 N–H and O–H groups in total. The molecule has 8 rings (SSSR count). The molecule has 0 bridgehead atoms. The van der Waals surface area contributed by atoms with E-state index in [9.17, 15) is 43.8 Å². The van der Waals surface area contributed by atoms with Gasteiger partial charge in [-0.2, -0.15) is 0 Å². The van der Waals surface area contributed by atoms with E-state index in [-0.39, 0.29) is 86.8 Å². The number of thioether (sulfide) groups is 2. The van der Waals surface area contributed by atoms with Gasteiger partial charge < -0.3 is 29.5 Å². The summed E-state index contributed by atoms with van der Waals surface area (Å²) in [5.41, 5.74) is -13.3. The van der Waals surface area contributed by atoms with Crippen LogP contribution in [0.4, 0.5) is 17.6 Å². The lowest BCUT2D eigenvalue weighted by atomic mass is 9.44. The first kappa shape index (κ1) is 63.1. The van der Waals surface area contributed by atoms with Crippen molar-refractivity contribution in [3.05, 3.63) is 47.6 Å². The van der Waals surface area contributed by atoms with Crippen LogP contribution in [0.3, 0.4) is 0 Å². The first-order valence-electron chi connectivity index (χ1n) is 27.9. The molecule has 18 atom stereocenters. The maximum absolute atomic E-state index is 17.5. The van der Waals surface area contributed by atoms with Gasteiger partial charge in [0.2, 0.25) is 10.2 Å². The molecule has 0 heterocycles. The van der Waals surface area contributed by atoms with E-state index in [0.717, 1.165) is 48.5 Å². The van der Waals surface area contributed by atoms with Crippen LogP contribution in [0.15, 0.2) is 47.6 Å². The number of aliphatic hydroxyl groups excluding tert-OH is 3. The minimum absolute atomic E-state index is 0.00695. The fourth-order valence-corrected chi connectivity index (χ4v) is 18.1. The summed E-state index contributed by atoms with van der Waals surface area (Å²) in [6.45, 7) is 14.8. The van der Waals surface area contributed by atoms with E-state index >= 15 is 17.6 Å². The van der Waals surface area contributed by atoms with Crippen LogP contribution >= 0.6 is 23.5 Å². The van der Waals surface area contributed by atoms with Crippen molar-refractivity contribution < 1.29 is 80.7 Å². The molecule has 8 aliphatic rings. The van der Waals surface area contributed by atoms with Crippen LogP contribution in [-0.2, 0) is 47.8 Å². The van der Waals surface area contributed by atoms with Crippen molar-refractivity contribution in [3.8, 4) is 23.7 Å². The minimum Gasteiger partial charge on any atom is -0.452 e. The Hall–Kier alpha value is -4.53. The summed E-state index contributed by atoms with van der Waals surface area (Å²) >= 11 is 1.73. The topological polar surface area (TPSA) is 208 Å². The van der Waals surface area contributed by atoms with Gasteiger partial charge in [0, 0.05) is 64.6 Å². The van der Waals surface area contributed by atoms with Gasteiger partial charge in [0.1, 0.15) is 19.0 Å². The maximum Gasteiger partial charge on any atom is 0.306 e. The summed E-state index contributed by atoms with van der Waals surface area (Å²) in [5, 5.41) is 31.2. The van der Waals surface area contributed by atoms with Gasteiger partial charge in [-0.05, 0) is 106 Å². The van der Waals surface area contributed by atoms with Crippen LogP contribution in [0, 0.1) is 80.8 Å². The number of ether oxygens (including phenoxy) is 3. The standard InChI is InChI=1S/C33H42F2O7S.C28H34F2O6S/c1-6-8-11-28(39)41-14-9-10-15-43-29(40)33(42-27(38)7-2)20(3)16-22-23-18-25(34)24-17-21(36)12-13-30(24,4)32(23,35)26(37)19-31(22,33)5;1-5-23(34)36-28(24(35)37-11-7-6-10-31)16(2)12-18-19-14-21(29)20-13-17(32)8-9-25(20,3)27(19,30)22(33)15-26(18,28)4/h12-13,17,20,22-23,25-26,37H,6-8,11,14-16,18-19H2,1-5H3;8-9,13,16,18-19,21-22,31,33H,5,10-12,14-15H2,1-4H3/t20-,22?,23?,25+,26+,30+,31+,32+,33+;16-,18?,19?,21+,22+,25+,26+,27+,28+/m11/s1. The molecule has 0 aromatic rings. The monoisotopic (exact) mass is 1160 g/mol. The van der Waals surface area contributed by atoms with Crippen molar-refractivity contribution in [2.24, 2.45) is 57.2 Å². The molecule has 4 unspecified atom stereocenters. The Balaban J connectivity index is 0.000000234. The lowest BCUT2D eigenvalue weighted by Crippen LogP contribution is -2.70. The van der Waals surface area contributed by atoms with Crippen molar-refractivity contribution in [1.29, 1.82) is 0 Å². The predicted octanol–water partition coefficient (Wildman–Crippen LogP) is 8.74. The van der Waals surface area contributed by atoms with Gasteiger partial charge in [-0.25, -0.2) is 17.6 Å². The number of alkyl halides is 4. The molecule has 0 spiro atoms. The second-order valence-corrected chi connectivity index (χ2v) is 25.8. The SMILES string of the molecule is CCC(=O)O[C@]1(C(=O)SCC#CCO)[C@H](C)CC2C3C[C@H](F)C4=CC(=O)C=C[C@]4(C)[C@@]3(F)[C@@H](O)C[C@@]21C.CCCCC(=O)OCC#CCSC(=O)[C@@]1(OC(=O)CC)[C@H](C)CC2C3C[C@H](F)C4=CC(=O)C=C[C@]4(C)[C@@]3(F)[C@@H](O)C[C@@]21C. The molecule has 19 heteroatoms. The molecule has 0 radical (unpaired) electrons. The summed E-state index contributed by atoms with van der Waals surface area (Å²) in [6, 6.07) is 0. The Morgan fingerprint density at radius 2 is 1.05 bits per heavy atom. The first-order valence-corrected chi connectivity index (χ1v) is 29.9. The second kappa shape index (κ2) is 23.6. The van der Waals surface area contributed by atoms with Gasteiger partial charge in [0.15, 0.2) is 40.7 Å². The Kier molecular flexibility index (Phi) is 18.6. The van der Waals surface area contributed by atoms with Gasteiger partial charge in [-0.15, -0.1) is 0 Å². The lowest BCUT2D eigenvalue weighted by Gasteiger charge is -2.63. The maximum atomic E-state index is 17.5. The van der Waals surface area contributed by atoms with Crippen LogP contribution in [0.5, 0.6) is 0 Å². The van der Waals surface area contributed by atoms with Gasteiger partial charge in [-0.3, -0.25) is 33.6 Å². The molecule has 438 valence electrons. The van der Waals surface area contributed by atoms with E-state index in [1.54, 1.807) is 41.5 Å². The van der Waals surface area contributed by atoms with E-state index in [4.69, 9.17) is 19.3 Å². The molecule has 6 saturated carbocycles. The number of halogens is 4. The zero-order chi connectivity index (χ0) is 59.2. The number of hydrogen-bond donors (Lipinski definition) is 3. The van der Waals surface area contributed by atoms with E-state index < -0.39 is 138 Å². The number of ketones is 2. The molecular formula is C61H76F4O13S2. The van der Waals surface area contributed by atoms with Crippen LogP contribution < -0.4 is 0 Å². The third-order valence-corrected chi connectivity index (χ3v) is 21.7. The Labute approximate surface area is 475 Å². The van der Waals surface area contributed by atoms with Gasteiger partial charge in [-0.1, -0.05) is 114 Å². The van der Waals surface area contributed by atoms with Crippen molar-refractivity contribution in [2.45, 2.75) is 180 Å². The summed E-state index contributed by atoms with van der Waals surface area (Å²) in [6.07, 6.45) is 2.69. The fourth-order valence-electron chi connectivity index (χ4n) is 16.1. The molecule has 0 aliphatic heterocycles. The summed E-state index contributed by atoms with van der Waals surface area (Å²) in [7, 11) is 0. The normalized spacial score (nSPS) is 41.5. The first-order chi connectivity index (χ1) is 37.6. The van der Waals surface area contributed by atoms with E-state index in [0.29, 0.717) is 12.8 Å². The highest BCUT2D eigenvalue weighted by Crippen LogP contribution is 2.74. The Morgan fingerprint density at radius 3 is 1.44 bits per heavy atom. The van der Waals surface area contributed by atoms with Crippen molar-refractivity contribution >= 4 is 63.2 Å². The molecule has 8 aliphatic carbocycles. The summed E-state index contributed by atoms with van der Waals surface area (Å²) in [4.78, 5) is 89.3. The second-order valence-electron chi connectivity index (χ2n) is 23.9. The lowest BCUT2D eigenvalue weighted by molar-refractivity contribution is -0.228. The van der Waals surface area contributed by atoms with E-state index in [2.05, 4.69) is 23.7 Å². The highest BCUT2D eigenvalue weighted by molar-refractivity contribution is 8.14. The molecule has 0 aromatic heterocycles. The largest absolute Gasteiger partial charge is 0.452 e. The summed E-state index contributed by atoms with van der Waals surface area (Å²) in [5.74, 6) is 4.22. The van der Waals surface area contributed by atoms with E-state index in [1.807, 2.05) is 6.92 Å². The average molecular weight is 1160 g/mol. The number of carbonyl (C=O) groups excluding carboxylic acids is 7. The van der Waals surface area contributed by atoms with Gasteiger partial charge in [0.05, 0.1) is 23.7 Å². The van der Waals surface area contributed by atoms with Crippen LogP contribution in [0.2, 0.25) is 0 Å². The molecule has 13 nitrogen and oxygen atoms in total. The number of hydrogen-bond acceptors (Lipinski definition) is 15. The number of aliphatic hydroxyl groups is 3. The zero-order valence-electron chi connectivity index (χ0n) is 47.1.